The Bertz CT molecular complexity index is 1330. The van der Waals surface area contributed by atoms with E-state index in [4.69, 9.17) is 14.9 Å². The number of hydrogen-bond acceptors (Lipinski definition) is 10. The van der Waals surface area contributed by atoms with Crippen molar-refractivity contribution in [1.82, 2.24) is 20.3 Å². The minimum atomic E-state index is -0.767. The fourth-order valence-corrected chi connectivity index (χ4v) is 5.38. The summed E-state index contributed by atoms with van der Waals surface area (Å²) in [6.45, 7) is 7.13. The number of thiazole rings is 1. The number of rotatable bonds is 10. The quantitative estimate of drug-likeness (QED) is 0.200. The van der Waals surface area contributed by atoms with Crippen LogP contribution in [-0.2, 0) is 20.8 Å². The van der Waals surface area contributed by atoms with Crippen molar-refractivity contribution >= 4 is 45.1 Å². The van der Waals surface area contributed by atoms with E-state index >= 15 is 0 Å². The van der Waals surface area contributed by atoms with E-state index in [0.717, 1.165) is 26.9 Å². The van der Waals surface area contributed by atoms with Crippen molar-refractivity contribution in [3.05, 3.63) is 35.1 Å². The lowest BCUT2D eigenvalue weighted by Crippen LogP contribution is -2.43. The van der Waals surface area contributed by atoms with Crippen molar-refractivity contribution in [3.63, 3.8) is 0 Å². The van der Waals surface area contributed by atoms with E-state index < -0.39 is 11.4 Å². The SMILES string of the molecule is CCNC(=O)Cc1nc2cc(-c3cnc(N4CCC(C)(C(=O)O)CC4)nc3)cc(/C(C)=N/OCCO)c2s1. The number of aromatic nitrogens is 3. The summed E-state index contributed by atoms with van der Waals surface area (Å²) in [5.41, 5.74) is 3.06. The van der Waals surface area contributed by atoms with Gasteiger partial charge in [-0.05, 0) is 51.3 Å². The molecule has 202 valence electrons. The Kier molecular flexibility index (Phi) is 8.52. The van der Waals surface area contributed by atoms with Gasteiger partial charge < -0.3 is 25.3 Å². The number of aliphatic carboxylic acids is 1. The molecule has 1 fully saturated rings. The normalized spacial score (nSPS) is 15.5. The Morgan fingerprint density at radius 2 is 1.92 bits per heavy atom. The van der Waals surface area contributed by atoms with Crippen LogP contribution in [0.1, 0.15) is 44.2 Å². The van der Waals surface area contributed by atoms with Crippen molar-refractivity contribution in [1.29, 1.82) is 0 Å². The van der Waals surface area contributed by atoms with Gasteiger partial charge in [0.1, 0.15) is 11.6 Å². The van der Waals surface area contributed by atoms with Crippen molar-refractivity contribution < 1.29 is 24.6 Å². The van der Waals surface area contributed by atoms with Gasteiger partial charge in [0.15, 0.2) is 0 Å². The topological polar surface area (TPSA) is 150 Å². The van der Waals surface area contributed by atoms with E-state index in [0.29, 0.717) is 49.1 Å². The van der Waals surface area contributed by atoms with Gasteiger partial charge in [-0.15, -0.1) is 11.3 Å². The van der Waals surface area contributed by atoms with E-state index in [-0.39, 0.29) is 25.5 Å². The zero-order valence-corrected chi connectivity index (χ0v) is 22.5. The van der Waals surface area contributed by atoms with Crippen LogP contribution >= 0.6 is 11.3 Å². The van der Waals surface area contributed by atoms with E-state index in [2.05, 4.69) is 20.4 Å². The van der Waals surface area contributed by atoms with Crippen molar-refractivity contribution in [2.75, 3.05) is 37.7 Å². The van der Waals surface area contributed by atoms with Crippen molar-refractivity contribution in [3.8, 4) is 11.1 Å². The summed E-state index contributed by atoms with van der Waals surface area (Å²) in [5.74, 6) is -0.290. The second kappa shape index (κ2) is 11.8. The van der Waals surface area contributed by atoms with Crippen LogP contribution in [0, 0.1) is 5.41 Å². The Morgan fingerprint density at radius 1 is 1.21 bits per heavy atom. The van der Waals surface area contributed by atoms with Crippen molar-refractivity contribution in [2.45, 2.75) is 40.0 Å². The molecule has 1 saturated heterocycles. The highest BCUT2D eigenvalue weighted by atomic mass is 32.1. The summed E-state index contributed by atoms with van der Waals surface area (Å²) in [6.07, 6.45) is 4.75. The summed E-state index contributed by atoms with van der Waals surface area (Å²) in [4.78, 5) is 44.7. The number of benzene rings is 1. The molecule has 0 saturated carbocycles. The highest BCUT2D eigenvalue weighted by Gasteiger charge is 2.37. The first-order chi connectivity index (χ1) is 18.2. The molecular formula is C26H32N6O5S. The third kappa shape index (κ3) is 6.08. The number of carboxylic acids is 1. The number of nitrogens with zero attached hydrogens (tertiary/aromatic N) is 5. The maximum Gasteiger partial charge on any atom is 0.309 e. The molecule has 1 aliphatic heterocycles. The lowest BCUT2D eigenvalue weighted by Gasteiger charge is -2.36. The lowest BCUT2D eigenvalue weighted by atomic mass is 9.80. The van der Waals surface area contributed by atoms with Gasteiger partial charge in [0.25, 0.3) is 0 Å². The summed E-state index contributed by atoms with van der Waals surface area (Å²) in [7, 11) is 0. The molecule has 0 aliphatic carbocycles. The van der Waals surface area contributed by atoms with Gasteiger partial charge in [0.2, 0.25) is 11.9 Å². The monoisotopic (exact) mass is 540 g/mol. The summed E-state index contributed by atoms with van der Waals surface area (Å²) in [6, 6.07) is 3.91. The third-order valence-corrected chi connectivity index (χ3v) is 7.74. The van der Waals surface area contributed by atoms with E-state index in [1.165, 1.54) is 11.3 Å². The summed E-state index contributed by atoms with van der Waals surface area (Å²) < 4.78 is 0.884. The Morgan fingerprint density at radius 3 is 2.55 bits per heavy atom. The first-order valence-electron chi connectivity index (χ1n) is 12.5. The molecule has 12 heteroatoms. The number of aliphatic hydroxyl groups is 1. The zero-order valence-electron chi connectivity index (χ0n) is 21.7. The smallest absolute Gasteiger partial charge is 0.309 e. The first-order valence-corrected chi connectivity index (χ1v) is 13.3. The standard InChI is InChI=1S/C26H32N6O5S/c1-4-27-21(34)13-22-30-20-12-17(11-19(23(20)38-22)16(2)31-37-10-9-33)18-14-28-25(29-15-18)32-7-5-26(3,6-8-32)24(35)36/h11-12,14-15,33H,4-10,13H2,1-3H3,(H,27,34)(H,35,36)/b31-16+. The van der Waals surface area contributed by atoms with E-state index in [9.17, 15) is 14.7 Å². The molecule has 38 heavy (non-hydrogen) atoms. The van der Waals surface area contributed by atoms with Crippen LogP contribution < -0.4 is 10.2 Å². The number of hydrogen-bond donors (Lipinski definition) is 3. The predicted octanol–water partition coefficient (Wildman–Crippen LogP) is 2.86. The van der Waals surface area contributed by atoms with Gasteiger partial charge in [0, 0.05) is 43.2 Å². The number of oxime groups is 1. The third-order valence-electron chi connectivity index (χ3n) is 6.63. The zero-order chi connectivity index (χ0) is 27.3. The van der Waals surface area contributed by atoms with Crippen LogP contribution in [-0.4, -0.2) is 75.6 Å². The molecule has 1 amide bonds. The van der Waals surface area contributed by atoms with Gasteiger partial charge in [-0.3, -0.25) is 9.59 Å². The maximum atomic E-state index is 12.1. The number of fused-ring (bicyclic) bond motifs is 1. The van der Waals surface area contributed by atoms with Crippen LogP contribution in [0.2, 0.25) is 0 Å². The summed E-state index contributed by atoms with van der Waals surface area (Å²) in [5, 5.41) is 26.1. The molecule has 11 nitrogen and oxygen atoms in total. The van der Waals surface area contributed by atoms with Crippen LogP contribution in [0.5, 0.6) is 0 Å². The van der Waals surface area contributed by atoms with E-state index in [1.54, 1.807) is 19.3 Å². The maximum absolute atomic E-state index is 12.1. The number of likely N-dealkylation sites (N-methyl/N-ethyl adjacent to an activating group) is 1. The predicted molar refractivity (Wildman–Crippen MR) is 145 cm³/mol. The number of carbonyl (C=O) groups excluding carboxylic acids is 1. The Balaban J connectivity index is 1.63. The number of piperidine rings is 1. The summed E-state index contributed by atoms with van der Waals surface area (Å²) >= 11 is 1.44. The second-order valence-corrected chi connectivity index (χ2v) is 10.6. The minimum absolute atomic E-state index is 0.0860. The Hall–Kier alpha value is -3.64. The average molecular weight is 541 g/mol. The van der Waals surface area contributed by atoms with Gasteiger partial charge in [0.05, 0.1) is 34.4 Å². The molecule has 1 aliphatic rings. The molecular weight excluding hydrogens is 508 g/mol. The first kappa shape index (κ1) is 27.4. The highest BCUT2D eigenvalue weighted by Crippen LogP contribution is 2.34. The molecule has 4 rings (SSSR count). The van der Waals surface area contributed by atoms with Crippen LogP contribution in [0.3, 0.4) is 0 Å². The highest BCUT2D eigenvalue weighted by molar-refractivity contribution is 7.19. The second-order valence-electron chi connectivity index (χ2n) is 9.47. The number of nitrogens with one attached hydrogen (secondary N) is 1. The molecule has 0 unspecified atom stereocenters. The van der Waals surface area contributed by atoms with Crippen LogP contribution in [0.4, 0.5) is 5.95 Å². The molecule has 3 aromatic rings. The largest absolute Gasteiger partial charge is 0.481 e. The fourth-order valence-electron chi connectivity index (χ4n) is 4.27. The molecule has 2 aromatic heterocycles. The molecule has 0 bridgehead atoms. The number of carbonyl (C=O) groups is 2. The van der Waals surface area contributed by atoms with Gasteiger partial charge in [-0.2, -0.15) is 0 Å². The molecule has 0 spiro atoms. The van der Waals surface area contributed by atoms with Crippen LogP contribution in [0.25, 0.3) is 21.3 Å². The van der Waals surface area contributed by atoms with Gasteiger partial charge in [-0.1, -0.05) is 5.16 Å². The average Bonchev–Trinajstić information content (AvgIpc) is 3.31. The number of amides is 1. The fraction of sp³-hybridized carbons (Fsp3) is 0.462. The molecule has 1 aromatic carbocycles. The number of anilines is 1. The lowest BCUT2D eigenvalue weighted by molar-refractivity contribution is -0.149. The van der Waals surface area contributed by atoms with E-state index in [1.807, 2.05) is 30.9 Å². The minimum Gasteiger partial charge on any atom is -0.481 e. The van der Waals surface area contributed by atoms with Gasteiger partial charge in [-0.25, -0.2) is 15.0 Å². The number of carboxylic acid groups (broad SMARTS) is 1. The molecule has 0 atom stereocenters. The van der Waals surface area contributed by atoms with Gasteiger partial charge >= 0.3 is 5.97 Å². The van der Waals surface area contributed by atoms with Crippen molar-refractivity contribution in [2.24, 2.45) is 10.6 Å². The van der Waals surface area contributed by atoms with Crippen LogP contribution in [0.15, 0.2) is 29.7 Å². The number of aliphatic hydroxyl groups excluding tert-OH is 1. The Labute approximate surface area is 224 Å². The molecule has 0 radical (unpaired) electrons. The molecule has 3 N–H and O–H groups in total. The molecule has 3 heterocycles.